The van der Waals surface area contributed by atoms with Gasteiger partial charge in [0.2, 0.25) is 0 Å². The Labute approximate surface area is 182 Å². The zero-order valence-corrected chi connectivity index (χ0v) is 17.5. The summed E-state index contributed by atoms with van der Waals surface area (Å²) in [6.45, 7) is 2.93. The third kappa shape index (κ3) is 3.55. The number of para-hydroxylation sites is 1. The number of rotatable bonds is 6. The van der Waals surface area contributed by atoms with Crippen molar-refractivity contribution < 1.29 is 27.8 Å². The van der Waals surface area contributed by atoms with E-state index in [4.69, 9.17) is 16.3 Å². The first-order valence-corrected chi connectivity index (χ1v) is 9.71. The topological polar surface area (TPSA) is 70.3 Å². The highest BCUT2D eigenvalue weighted by molar-refractivity contribution is 6.30. The molecule has 0 saturated heterocycles. The Morgan fingerprint density at radius 1 is 1.16 bits per heavy atom. The lowest BCUT2D eigenvalue weighted by Crippen LogP contribution is -2.27. The number of carboxylic acid groups (broad SMARTS) is 1. The average Bonchev–Trinajstić information content (AvgIpc) is 3.11. The molecule has 1 aliphatic rings. The van der Waals surface area contributed by atoms with Crippen molar-refractivity contribution in [3.05, 3.63) is 71.3 Å². The standard InChI is InChI=1S/C23H19ClF3NO3/c1-20(2)21(14-28,13-18(24)23(25,26)27)22(20,19(29)30)12-15-7-6-10-17(11-15)31-16-8-4-3-5-9-16/h3-11,13H,12H2,1-2H3,(H,29,30)/t21-,22-/m0/s1. The van der Waals surface area contributed by atoms with Crippen LogP contribution in [0.1, 0.15) is 19.4 Å². The van der Waals surface area contributed by atoms with E-state index in [0.717, 1.165) is 0 Å². The quantitative estimate of drug-likeness (QED) is 0.559. The summed E-state index contributed by atoms with van der Waals surface area (Å²) in [5, 5.41) is 18.4. The number of carbonyl (C=O) groups is 1. The van der Waals surface area contributed by atoms with Crippen molar-refractivity contribution in [1.29, 1.82) is 5.26 Å². The molecule has 162 valence electrons. The molecule has 2 aromatic carbocycles. The molecule has 0 heterocycles. The Morgan fingerprint density at radius 3 is 2.32 bits per heavy atom. The van der Waals surface area contributed by atoms with E-state index < -0.39 is 33.4 Å². The molecule has 2 atom stereocenters. The van der Waals surface area contributed by atoms with Gasteiger partial charge in [0.25, 0.3) is 0 Å². The van der Waals surface area contributed by atoms with Crippen LogP contribution in [0.2, 0.25) is 0 Å². The summed E-state index contributed by atoms with van der Waals surface area (Å²) in [6.07, 6.45) is -4.50. The molecule has 3 rings (SSSR count). The van der Waals surface area contributed by atoms with Gasteiger partial charge in [-0.25, -0.2) is 0 Å². The zero-order chi connectivity index (χ0) is 23.1. The van der Waals surface area contributed by atoms with Crippen molar-refractivity contribution in [2.45, 2.75) is 26.4 Å². The molecular weight excluding hydrogens is 431 g/mol. The number of aliphatic carboxylic acids is 1. The highest BCUT2D eigenvalue weighted by atomic mass is 35.5. The molecule has 2 aromatic rings. The monoisotopic (exact) mass is 449 g/mol. The van der Waals surface area contributed by atoms with Gasteiger partial charge in [0.05, 0.1) is 6.07 Å². The summed E-state index contributed by atoms with van der Waals surface area (Å²) >= 11 is 5.41. The number of hydrogen-bond acceptors (Lipinski definition) is 3. The van der Waals surface area contributed by atoms with Gasteiger partial charge in [-0.05, 0) is 42.3 Å². The Hall–Kier alpha value is -2.98. The molecule has 1 saturated carbocycles. The van der Waals surface area contributed by atoms with Crippen LogP contribution in [-0.4, -0.2) is 17.3 Å². The molecule has 1 fully saturated rings. The van der Waals surface area contributed by atoms with Crippen LogP contribution in [0.25, 0.3) is 0 Å². The molecule has 0 radical (unpaired) electrons. The molecule has 0 aromatic heterocycles. The number of hydrogen-bond donors (Lipinski definition) is 1. The van der Waals surface area contributed by atoms with E-state index in [2.05, 4.69) is 0 Å². The second-order valence-corrected chi connectivity index (χ2v) is 8.39. The Morgan fingerprint density at radius 2 is 1.77 bits per heavy atom. The van der Waals surface area contributed by atoms with Gasteiger partial charge >= 0.3 is 12.1 Å². The normalized spacial score (nSPS) is 24.9. The average molecular weight is 450 g/mol. The molecule has 1 aliphatic carbocycles. The summed E-state index contributed by atoms with van der Waals surface area (Å²) in [4.78, 5) is 12.3. The van der Waals surface area contributed by atoms with Crippen LogP contribution in [0.4, 0.5) is 13.2 Å². The molecular formula is C23H19ClF3NO3. The van der Waals surface area contributed by atoms with Crippen molar-refractivity contribution in [2.75, 3.05) is 0 Å². The fraction of sp³-hybridized carbons (Fsp3) is 0.304. The number of alkyl halides is 3. The van der Waals surface area contributed by atoms with Crippen LogP contribution in [0.3, 0.4) is 0 Å². The first-order valence-electron chi connectivity index (χ1n) is 9.33. The molecule has 0 unspecified atom stereocenters. The summed E-state index contributed by atoms with van der Waals surface area (Å²) < 4.78 is 44.9. The number of ether oxygens (including phenoxy) is 1. The van der Waals surface area contributed by atoms with Gasteiger partial charge in [-0.15, -0.1) is 0 Å². The second-order valence-electron chi connectivity index (χ2n) is 7.98. The smallest absolute Gasteiger partial charge is 0.426 e. The lowest BCUT2D eigenvalue weighted by atomic mass is 9.86. The van der Waals surface area contributed by atoms with E-state index in [1.54, 1.807) is 48.5 Å². The van der Waals surface area contributed by atoms with E-state index in [1.165, 1.54) is 13.8 Å². The minimum Gasteiger partial charge on any atom is -0.481 e. The highest BCUT2D eigenvalue weighted by Crippen LogP contribution is 2.80. The predicted molar refractivity (Wildman–Crippen MR) is 109 cm³/mol. The summed E-state index contributed by atoms with van der Waals surface area (Å²) in [5.41, 5.74) is -4.53. The third-order valence-corrected chi connectivity index (χ3v) is 6.49. The van der Waals surface area contributed by atoms with Gasteiger partial charge in [-0.3, -0.25) is 4.79 Å². The van der Waals surface area contributed by atoms with Crippen LogP contribution in [0.15, 0.2) is 65.7 Å². The van der Waals surface area contributed by atoms with E-state index in [9.17, 15) is 28.3 Å². The van der Waals surface area contributed by atoms with E-state index in [1.807, 2.05) is 12.1 Å². The van der Waals surface area contributed by atoms with Gasteiger partial charge in [-0.2, -0.15) is 18.4 Å². The lowest BCUT2D eigenvalue weighted by molar-refractivity contribution is -0.145. The van der Waals surface area contributed by atoms with Crippen LogP contribution >= 0.6 is 11.6 Å². The van der Waals surface area contributed by atoms with Crippen LogP contribution in [0.5, 0.6) is 11.5 Å². The number of allylic oxidation sites excluding steroid dienone is 2. The first kappa shape index (κ1) is 22.7. The molecule has 0 amide bonds. The van der Waals surface area contributed by atoms with Crippen molar-refractivity contribution in [3.63, 3.8) is 0 Å². The second kappa shape index (κ2) is 7.61. The molecule has 4 nitrogen and oxygen atoms in total. The van der Waals surface area contributed by atoms with Crippen LogP contribution < -0.4 is 4.74 Å². The Bertz CT molecular complexity index is 1080. The number of carboxylic acids is 1. The van der Waals surface area contributed by atoms with Crippen LogP contribution in [0, 0.1) is 27.6 Å². The van der Waals surface area contributed by atoms with E-state index >= 15 is 0 Å². The van der Waals surface area contributed by atoms with E-state index in [0.29, 0.717) is 23.1 Å². The Balaban J connectivity index is 2.01. The fourth-order valence-electron chi connectivity index (χ4n) is 4.37. The maximum absolute atomic E-state index is 13.1. The van der Waals surface area contributed by atoms with Crippen molar-refractivity contribution in [2.24, 2.45) is 16.2 Å². The summed E-state index contributed by atoms with van der Waals surface area (Å²) in [6, 6.07) is 17.3. The molecule has 0 aliphatic heterocycles. The van der Waals surface area contributed by atoms with Gasteiger partial charge in [0, 0.05) is 5.41 Å². The largest absolute Gasteiger partial charge is 0.481 e. The lowest BCUT2D eigenvalue weighted by Gasteiger charge is -2.17. The van der Waals surface area contributed by atoms with Gasteiger partial charge < -0.3 is 9.84 Å². The minimum atomic E-state index is -4.88. The molecule has 0 spiro atoms. The number of nitriles is 1. The van der Waals surface area contributed by atoms with Gasteiger partial charge in [0.1, 0.15) is 27.4 Å². The zero-order valence-electron chi connectivity index (χ0n) is 16.7. The number of halogens is 4. The maximum Gasteiger partial charge on any atom is 0.426 e. The first-order chi connectivity index (χ1) is 14.4. The molecule has 0 bridgehead atoms. The number of nitrogens with zero attached hydrogens (tertiary/aromatic N) is 1. The van der Waals surface area contributed by atoms with Crippen LogP contribution in [-0.2, 0) is 11.2 Å². The summed E-state index contributed by atoms with van der Waals surface area (Å²) in [7, 11) is 0. The maximum atomic E-state index is 13.1. The fourth-order valence-corrected chi connectivity index (χ4v) is 4.53. The molecule has 1 N–H and O–H groups in total. The van der Waals surface area contributed by atoms with E-state index in [-0.39, 0.29) is 6.42 Å². The van der Waals surface area contributed by atoms with Crippen molar-refractivity contribution in [1.82, 2.24) is 0 Å². The molecule has 31 heavy (non-hydrogen) atoms. The SMILES string of the molecule is CC1(C)[C@](Cc2cccc(Oc3ccccc3)c2)(C(=O)O)[C@]1(C#N)C=C(Cl)C(F)(F)F. The summed E-state index contributed by atoms with van der Waals surface area (Å²) in [5.74, 6) is -0.351. The Kier molecular flexibility index (Phi) is 5.57. The predicted octanol–water partition coefficient (Wildman–Crippen LogP) is 6.33. The molecule has 8 heteroatoms. The van der Waals surface area contributed by atoms with Gasteiger partial charge in [-0.1, -0.05) is 55.8 Å². The van der Waals surface area contributed by atoms with Crippen molar-refractivity contribution >= 4 is 17.6 Å². The minimum absolute atomic E-state index is 0.173. The third-order valence-electron chi connectivity index (χ3n) is 6.17. The number of benzene rings is 2. The highest BCUT2D eigenvalue weighted by Gasteiger charge is 2.86. The van der Waals surface area contributed by atoms with Crippen molar-refractivity contribution in [3.8, 4) is 17.6 Å². The van der Waals surface area contributed by atoms with Gasteiger partial charge in [0.15, 0.2) is 0 Å².